The largest absolute Gasteiger partial charge is 0.271 e. The molecule has 0 aliphatic carbocycles. The molecule has 3 N–H and O–H groups in total. The van der Waals surface area contributed by atoms with Crippen molar-refractivity contribution in [3.63, 3.8) is 0 Å². The number of hydrazine groups is 1. The van der Waals surface area contributed by atoms with Gasteiger partial charge in [-0.2, -0.15) is 19.8 Å². The molecule has 1 unspecified atom stereocenters. The van der Waals surface area contributed by atoms with Crippen LogP contribution in [0.25, 0.3) is 5.69 Å². The Morgan fingerprint density at radius 3 is 2.71 bits per heavy atom. The Bertz CT molecular complexity index is 702. The second-order valence-electron chi connectivity index (χ2n) is 4.51. The van der Waals surface area contributed by atoms with Crippen LogP contribution in [0, 0.1) is 0 Å². The zero-order chi connectivity index (χ0) is 14.7. The third-order valence-electron chi connectivity index (χ3n) is 2.99. The molecule has 108 valence electrons. The molecule has 1 aromatic carbocycles. The van der Waals surface area contributed by atoms with Crippen molar-refractivity contribution in [1.29, 1.82) is 0 Å². The highest BCUT2D eigenvalue weighted by Gasteiger charge is 2.17. The van der Waals surface area contributed by atoms with Gasteiger partial charge < -0.3 is 0 Å². The molecule has 3 aromatic rings. The Hall–Kier alpha value is -2.65. The number of nitrogens with one attached hydrogen (secondary N) is 1. The van der Waals surface area contributed by atoms with Gasteiger partial charge in [0.25, 0.3) is 0 Å². The van der Waals surface area contributed by atoms with Crippen LogP contribution in [0.5, 0.6) is 0 Å². The van der Waals surface area contributed by atoms with E-state index in [1.54, 1.807) is 18.0 Å². The number of tetrazole rings is 1. The van der Waals surface area contributed by atoms with Crippen molar-refractivity contribution in [3.8, 4) is 5.69 Å². The van der Waals surface area contributed by atoms with E-state index in [1.807, 2.05) is 30.3 Å². The van der Waals surface area contributed by atoms with Crippen molar-refractivity contribution < 1.29 is 0 Å². The molecular formula is C12H15N9. The average Bonchev–Trinajstić information content (AvgIpc) is 3.15. The summed E-state index contributed by atoms with van der Waals surface area (Å²) in [7, 11) is 1.72. The minimum atomic E-state index is -0.230. The van der Waals surface area contributed by atoms with Gasteiger partial charge in [0, 0.05) is 6.42 Å². The Kier molecular flexibility index (Phi) is 3.67. The lowest BCUT2D eigenvalue weighted by Gasteiger charge is -2.09. The van der Waals surface area contributed by atoms with E-state index >= 15 is 0 Å². The van der Waals surface area contributed by atoms with Crippen molar-refractivity contribution in [1.82, 2.24) is 40.6 Å². The zero-order valence-corrected chi connectivity index (χ0v) is 11.5. The number of benzene rings is 1. The first-order valence-corrected chi connectivity index (χ1v) is 6.43. The molecule has 3 rings (SSSR count). The first kappa shape index (κ1) is 13.3. The Labute approximate surface area is 120 Å². The standard InChI is InChI=1S/C12H15N9/c1-20-18-12(16-19-20)7-10(15-13)11-8-14-21(17-11)9-5-3-2-4-6-9/h2-6,8,10,15H,7,13H2,1H3. The van der Waals surface area contributed by atoms with Gasteiger partial charge in [-0.15, -0.1) is 10.2 Å². The maximum Gasteiger partial charge on any atom is 0.176 e. The molecule has 2 aromatic heterocycles. The summed E-state index contributed by atoms with van der Waals surface area (Å²) in [4.78, 5) is 2.97. The van der Waals surface area contributed by atoms with Crippen LogP contribution in [0.2, 0.25) is 0 Å². The van der Waals surface area contributed by atoms with Crippen molar-refractivity contribution >= 4 is 0 Å². The lowest BCUT2D eigenvalue weighted by molar-refractivity contribution is 0.519. The summed E-state index contributed by atoms with van der Waals surface area (Å²) in [6.45, 7) is 0. The highest BCUT2D eigenvalue weighted by Crippen LogP contribution is 2.13. The van der Waals surface area contributed by atoms with Gasteiger partial charge in [-0.25, -0.2) is 0 Å². The molecule has 0 fully saturated rings. The fourth-order valence-electron chi connectivity index (χ4n) is 1.96. The summed E-state index contributed by atoms with van der Waals surface area (Å²) in [5.74, 6) is 6.19. The topological polar surface area (TPSA) is 112 Å². The van der Waals surface area contributed by atoms with Gasteiger partial charge in [0.05, 0.1) is 25.0 Å². The van der Waals surface area contributed by atoms with Crippen LogP contribution in [0.1, 0.15) is 17.6 Å². The first-order chi connectivity index (χ1) is 10.3. The predicted molar refractivity (Wildman–Crippen MR) is 73.9 cm³/mol. The minimum absolute atomic E-state index is 0.230. The first-order valence-electron chi connectivity index (χ1n) is 6.43. The summed E-state index contributed by atoms with van der Waals surface area (Å²) < 4.78 is 0. The Morgan fingerprint density at radius 1 is 1.24 bits per heavy atom. The molecule has 0 aliphatic heterocycles. The number of aromatic nitrogens is 7. The quantitative estimate of drug-likeness (QED) is 0.481. The molecule has 0 amide bonds. The molecule has 0 saturated heterocycles. The van der Waals surface area contributed by atoms with E-state index in [1.165, 1.54) is 4.80 Å². The number of nitrogens with two attached hydrogens (primary N) is 1. The summed E-state index contributed by atoms with van der Waals surface area (Å²) in [6, 6.07) is 9.43. The fourth-order valence-corrected chi connectivity index (χ4v) is 1.96. The van der Waals surface area contributed by atoms with Crippen LogP contribution in [0.3, 0.4) is 0 Å². The number of rotatable bonds is 5. The Morgan fingerprint density at radius 2 is 2.05 bits per heavy atom. The molecule has 9 nitrogen and oxygen atoms in total. The van der Waals surface area contributed by atoms with Crippen molar-refractivity contribution in [2.75, 3.05) is 0 Å². The maximum absolute atomic E-state index is 5.60. The van der Waals surface area contributed by atoms with Gasteiger partial charge in [0.1, 0.15) is 5.69 Å². The average molecular weight is 285 g/mol. The summed E-state index contributed by atoms with van der Waals surface area (Å²) in [5, 5.41) is 20.6. The van der Waals surface area contributed by atoms with E-state index in [9.17, 15) is 0 Å². The minimum Gasteiger partial charge on any atom is -0.271 e. The molecule has 0 aliphatic rings. The normalized spacial score (nSPS) is 12.5. The van der Waals surface area contributed by atoms with E-state index < -0.39 is 0 Å². The van der Waals surface area contributed by atoms with Gasteiger partial charge >= 0.3 is 0 Å². The van der Waals surface area contributed by atoms with E-state index in [4.69, 9.17) is 5.84 Å². The summed E-state index contributed by atoms with van der Waals surface area (Å²) in [6.07, 6.45) is 2.16. The van der Waals surface area contributed by atoms with Gasteiger partial charge in [-0.05, 0) is 17.3 Å². The van der Waals surface area contributed by atoms with E-state index in [0.29, 0.717) is 17.9 Å². The predicted octanol–water partition coefficient (Wildman–Crippen LogP) is -0.462. The third kappa shape index (κ3) is 2.93. The summed E-state index contributed by atoms with van der Waals surface area (Å²) >= 11 is 0. The SMILES string of the molecule is Cn1nnc(CC(NN)c2cnn(-c3ccccc3)n2)n1. The van der Waals surface area contributed by atoms with Gasteiger partial charge in [-0.3, -0.25) is 11.3 Å². The lowest BCUT2D eigenvalue weighted by Crippen LogP contribution is -2.30. The fraction of sp³-hybridized carbons (Fsp3) is 0.250. The number of hydrogen-bond donors (Lipinski definition) is 2. The summed E-state index contributed by atoms with van der Waals surface area (Å²) in [5.41, 5.74) is 4.31. The highest BCUT2D eigenvalue weighted by atomic mass is 15.6. The van der Waals surface area contributed by atoms with Crippen LogP contribution in [0.15, 0.2) is 36.5 Å². The van der Waals surface area contributed by atoms with Crippen molar-refractivity contribution in [3.05, 3.63) is 48.0 Å². The van der Waals surface area contributed by atoms with E-state index in [2.05, 4.69) is 31.0 Å². The van der Waals surface area contributed by atoms with Crippen molar-refractivity contribution in [2.45, 2.75) is 12.5 Å². The third-order valence-corrected chi connectivity index (χ3v) is 2.99. The van der Waals surface area contributed by atoms with Crippen LogP contribution in [-0.2, 0) is 13.5 Å². The molecule has 21 heavy (non-hydrogen) atoms. The molecule has 0 spiro atoms. The van der Waals surface area contributed by atoms with Crippen LogP contribution in [0.4, 0.5) is 0 Å². The van der Waals surface area contributed by atoms with Crippen LogP contribution in [-0.4, -0.2) is 35.2 Å². The lowest BCUT2D eigenvalue weighted by atomic mass is 10.1. The molecule has 9 heteroatoms. The highest BCUT2D eigenvalue weighted by molar-refractivity contribution is 5.28. The van der Waals surface area contributed by atoms with Gasteiger partial charge in [0.2, 0.25) is 0 Å². The number of aryl methyl sites for hydroxylation is 1. The van der Waals surface area contributed by atoms with E-state index in [-0.39, 0.29) is 6.04 Å². The molecule has 1 atom stereocenters. The van der Waals surface area contributed by atoms with Gasteiger partial charge in [0.15, 0.2) is 5.82 Å². The second kappa shape index (κ2) is 5.77. The molecule has 0 saturated carbocycles. The van der Waals surface area contributed by atoms with Crippen LogP contribution >= 0.6 is 0 Å². The smallest absolute Gasteiger partial charge is 0.176 e. The second-order valence-corrected chi connectivity index (χ2v) is 4.51. The van der Waals surface area contributed by atoms with Gasteiger partial charge in [-0.1, -0.05) is 18.2 Å². The monoisotopic (exact) mass is 285 g/mol. The molecule has 2 heterocycles. The molecular weight excluding hydrogens is 270 g/mol. The zero-order valence-electron chi connectivity index (χ0n) is 11.5. The van der Waals surface area contributed by atoms with Crippen LogP contribution < -0.4 is 11.3 Å². The number of nitrogens with zero attached hydrogens (tertiary/aromatic N) is 7. The number of para-hydroxylation sites is 1. The molecule has 0 bridgehead atoms. The Balaban J connectivity index is 1.80. The maximum atomic E-state index is 5.60. The van der Waals surface area contributed by atoms with E-state index in [0.717, 1.165) is 5.69 Å². The number of hydrogen-bond acceptors (Lipinski definition) is 7. The van der Waals surface area contributed by atoms with Crippen molar-refractivity contribution in [2.24, 2.45) is 12.9 Å². The molecule has 0 radical (unpaired) electrons.